The van der Waals surface area contributed by atoms with Gasteiger partial charge in [-0.3, -0.25) is 29.0 Å². The highest BCUT2D eigenvalue weighted by Gasteiger charge is 2.46. The predicted octanol–water partition coefficient (Wildman–Crippen LogP) is 0.621. The van der Waals surface area contributed by atoms with Crippen molar-refractivity contribution in [2.24, 2.45) is 0 Å². The van der Waals surface area contributed by atoms with Crippen molar-refractivity contribution >= 4 is 29.6 Å². The van der Waals surface area contributed by atoms with Gasteiger partial charge in [0, 0.05) is 18.5 Å². The molecular formula is C24H28N4O7. The maximum absolute atomic E-state index is 13.5. The van der Waals surface area contributed by atoms with Crippen LogP contribution in [0.25, 0.3) is 0 Å². The molecule has 3 heterocycles. The van der Waals surface area contributed by atoms with E-state index in [0.29, 0.717) is 30.7 Å². The first-order valence-corrected chi connectivity index (χ1v) is 11.6. The second-order valence-electron chi connectivity index (χ2n) is 8.79. The summed E-state index contributed by atoms with van der Waals surface area (Å²) in [5, 5.41) is 7.90. The number of cyclic esters (lactones) is 1. The molecule has 1 aromatic rings. The topological polar surface area (TPSA) is 134 Å². The minimum Gasteiger partial charge on any atom is -0.458 e. The summed E-state index contributed by atoms with van der Waals surface area (Å²) < 4.78 is 10.5. The number of hydrogen-bond acceptors (Lipinski definition) is 7. The molecule has 3 fully saturated rings. The number of rotatable bonds is 6. The number of carbonyl (C=O) groups is 5. The zero-order valence-corrected chi connectivity index (χ0v) is 19.4. The molecule has 3 aliphatic rings. The molecule has 4 atom stereocenters. The van der Waals surface area contributed by atoms with Crippen molar-refractivity contribution in [3.05, 3.63) is 48.2 Å². The Morgan fingerprint density at radius 1 is 1.11 bits per heavy atom. The van der Waals surface area contributed by atoms with Crippen LogP contribution in [0.1, 0.15) is 49.4 Å². The van der Waals surface area contributed by atoms with E-state index in [-0.39, 0.29) is 25.2 Å². The molecule has 1 aromatic carbocycles. The SMILES string of the molecule is C=C(C)OC1OC(=O)CC1NC(=O)C1CCCN2C(=O)CC[C@H](NC(=O)c3ccccc3)C(=O)N12. The molecule has 186 valence electrons. The Balaban J connectivity index is 1.52. The quantitative estimate of drug-likeness (QED) is 0.447. The zero-order chi connectivity index (χ0) is 25.1. The lowest BCUT2D eigenvalue weighted by atomic mass is 10.0. The molecule has 3 saturated heterocycles. The van der Waals surface area contributed by atoms with Gasteiger partial charge in [0.2, 0.25) is 11.8 Å². The van der Waals surface area contributed by atoms with Gasteiger partial charge in [-0.1, -0.05) is 24.8 Å². The molecule has 4 amide bonds. The highest BCUT2D eigenvalue weighted by Crippen LogP contribution is 2.26. The van der Waals surface area contributed by atoms with Crippen molar-refractivity contribution in [3.63, 3.8) is 0 Å². The van der Waals surface area contributed by atoms with E-state index < -0.39 is 48.1 Å². The van der Waals surface area contributed by atoms with Crippen molar-refractivity contribution in [2.45, 2.75) is 63.4 Å². The van der Waals surface area contributed by atoms with Gasteiger partial charge in [0.25, 0.3) is 18.1 Å². The van der Waals surface area contributed by atoms with E-state index in [1.807, 2.05) is 0 Å². The Kier molecular flexibility index (Phi) is 7.04. The molecule has 0 spiro atoms. The van der Waals surface area contributed by atoms with Gasteiger partial charge in [0.15, 0.2) is 0 Å². The largest absolute Gasteiger partial charge is 0.458 e. The van der Waals surface area contributed by atoms with Crippen molar-refractivity contribution < 1.29 is 33.4 Å². The number of nitrogens with one attached hydrogen (secondary N) is 2. The van der Waals surface area contributed by atoms with Crippen LogP contribution in [-0.4, -0.2) is 70.6 Å². The van der Waals surface area contributed by atoms with Gasteiger partial charge < -0.3 is 20.1 Å². The molecule has 3 aliphatic heterocycles. The third-order valence-corrected chi connectivity index (χ3v) is 6.11. The summed E-state index contributed by atoms with van der Waals surface area (Å²) in [7, 11) is 0. The molecule has 4 rings (SSSR count). The van der Waals surface area contributed by atoms with Gasteiger partial charge in [0.05, 0.1) is 12.2 Å². The van der Waals surface area contributed by atoms with E-state index in [9.17, 15) is 24.0 Å². The van der Waals surface area contributed by atoms with E-state index in [1.54, 1.807) is 37.3 Å². The Morgan fingerprint density at radius 3 is 2.57 bits per heavy atom. The van der Waals surface area contributed by atoms with Crippen molar-refractivity contribution in [2.75, 3.05) is 6.54 Å². The minimum absolute atomic E-state index is 0.0514. The van der Waals surface area contributed by atoms with E-state index in [0.717, 1.165) is 5.01 Å². The van der Waals surface area contributed by atoms with Crippen LogP contribution in [-0.2, 0) is 28.7 Å². The number of allylic oxidation sites excluding steroid dienone is 1. The molecule has 11 heteroatoms. The highest BCUT2D eigenvalue weighted by molar-refractivity contribution is 5.99. The lowest BCUT2D eigenvalue weighted by Gasteiger charge is -2.43. The lowest BCUT2D eigenvalue weighted by molar-refractivity contribution is -0.176. The first kappa shape index (κ1) is 24.2. The van der Waals surface area contributed by atoms with Crippen molar-refractivity contribution in [1.82, 2.24) is 20.7 Å². The van der Waals surface area contributed by atoms with Crippen molar-refractivity contribution in [1.29, 1.82) is 0 Å². The Bertz CT molecular complexity index is 1040. The molecule has 35 heavy (non-hydrogen) atoms. The van der Waals surface area contributed by atoms with E-state index in [2.05, 4.69) is 17.2 Å². The average Bonchev–Trinajstić information content (AvgIpc) is 3.12. The number of amides is 4. The highest BCUT2D eigenvalue weighted by atomic mass is 16.7. The number of carbonyl (C=O) groups excluding carboxylic acids is 5. The maximum atomic E-state index is 13.5. The van der Waals surface area contributed by atoms with Gasteiger partial charge in [-0.25, -0.2) is 5.01 Å². The summed E-state index contributed by atoms with van der Waals surface area (Å²) in [4.78, 5) is 64.1. The molecule has 0 bridgehead atoms. The third kappa shape index (κ3) is 5.28. The van der Waals surface area contributed by atoms with Crippen molar-refractivity contribution in [3.8, 4) is 0 Å². The average molecular weight is 485 g/mol. The fourth-order valence-corrected chi connectivity index (χ4v) is 4.48. The zero-order valence-electron chi connectivity index (χ0n) is 19.4. The number of nitrogens with zero attached hydrogens (tertiary/aromatic N) is 2. The van der Waals surface area contributed by atoms with Gasteiger partial charge in [-0.05, 0) is 38.3 Å². The van der Waals surface area contributed by atoms with Crippen LogP contribution in [0.3, 0.4) is 0 Å². The van der Waals surface area contributed by atoms with Crippen LogP contribution in [0.2, 0.25) is 0 Å². The van der Waals surface area contributed by atoms with E-state index in [4.69, 9.17) is 9.47 Å². The standard InChI is InChI=1S/C24H28N4O7/c1-14(2)34-24-17(13-20(30)35-24)26-22(32)18-9-6-12-27-19(29)11-10-16(23(33)28(18)27)25-21(31)15-7-4-3-5-8-15/h3-5,7-8,16-18,24H,1,6,9-13H2,2H3,(H,25,31)(H,26,32)/t16-,17?,18?,24?/m0/s1. The molecule has 3 unspecified atom stereocenters. The van der Waals surface area contributed by atoms with E-state index >= 15 is 0 Å². The van der Waals surface area contributed by atoms with Crippen LogP contribution in [0.4, 0.5) is 0 Å². The molecule has 0 aromatic heterocycles. The second kappa shape index (κ2) is 10.2. The monoisotopic (exact) mass is 484 g/mol. The van der Waals surface area contributed by atoms with Crippen LogP contribution >= 0.6 is 0 Å². The Hall–Kier alpha value is -3.89. The number of ether oxygens (including phenoxy) is 2. The van der Waals surface area contributed by atoms with Gasteiger partial charge in [0.1, 0.15) is 18.1 Å². The first-order chi connectivity index (χ1) is 16.7. The molecule has 11 nitrogen and oxygen atoms in total. The molecular weight excluding hydrogens is 456 g/mol. The summed E-state index contributed by atoms with van der Waals surface area (Å²) in [6, 6.07) is 5.71. The summed E-state index contributed by atoms with van der Waals surface area (Å²) in [6.07, 6.45) is -0.118. The van der Waals surface area contributed by atoms with Crippen LogP contribution < -0.4 is 10.6 Å². The fourth-order valence-electron chi connectivity index (χ4n) is 4.48. The number of benzene rings is 1. The summed E-state index contributed by atoms with van der Waals surface area (Å²) >= 11 is 0. The Labute approximate surface area is 202 Å². The molecule has 0 saturated carbocycles. The van der Waals surface area contributed by atoms with Crippen LogP contribution in [0.15, 0.2) is 42.7 Å². The van der Waals surface area contributed by atoms with E-state index in [1.165, 1.54) is 5.01 Å². The van der Waals surface area contributed by atoms with Gasteiger partial charge >= 0.3 is 5.97 Å². The second-order valence-corrected chi connectivity index (χ2v) is 8.79. The fraction of sp³-hybridized carbons (Fsp3) is 0.458. The summed E-state index contributed by atoms with van der Waals surface area (Å²) in [5.74, 6) is -2.02. The van der Waals surface area contributed by atoms with Crippen LogP contribution in [0, 0.1) is 0 Å². The number of hydrazine groups is 1. The maximum Gasteiger partial charge on any atom is 0.311 e. The lowest BCUT2D eigenvalue weighted by Crippen LogP contribution is -2.64. The first-order valence-electron chi connectivity index (χ1n) is 11.6. The Morgan fingerprint density at radius 2 is 1.86 bits per heavy atom. The summed E-state index contributed by atoms with van der Waals surface area (Å²) in [6.45, 7) is 5.51. The normalized spacial score (nSPS) is 26.4. The predicted molar refractivity (Wildman–Crippen MR) is 121 cm³/mol. The van der Waals surface area contributed by atoms with Crippen LogP contribution in [0.5, 0.6) is 0 Å². The molecule has 0 aliphatic carbocycles. The third-order valence-electron chi connectivity index (χ3n) is 6.11. The number of esters is 1. The minimum atomic E-state index is -1.02. The smallest absolute Gasteiger partial charge is 0.311 e. The van der Waals surface area contributed by atoms with Gasteiger partial charge in [-0.2, -0.15) is 0 Å². The van der Waals surface area contributed by atoms with Gasteiger partial charge in [-0.15, -0.1) is 0 Å². The number of fused-ring (bicyclic) bond motifs is 1. The molecule has 2 N–H and O–H groups in total. The molecule has 0 radical (unpaired) electrons. The number of hydrogen-bond donors (Lipinski definition) is 2. The summed E-state index contributed by atoms with van der Waals surface area (Å²) in [5.41, 5.74) is 0.384.